The van der Waals surface area contributed by atoms with E-state index in [9.17, 15) is 4.79 Å². The highest BCUT2D eigenvalue weighted by atomic mass is 16.8. The molecule has 1 fully saturated rings. The Hall–Kier alpha value is -1.77. The Balaban J connectivity index is 2.00. The van der Waals surface area contributed by atoms with Crippen LogP contribution in [0.4, 0.5) is 4.79 Å². The van der Waals surface area contributed by atoms with Crippen molar-refractivity contribution < 1.29 is 14.3 Å². The SMILES string of the molecule is C=C1OC(=O)O[C@]1(C)CCc1ccccc1. The van der Waals surface area contributed by atoms with Crippen LogP contribution in [0, 0.1) is 0 Å². The molecule has 1 saturated heterocycles. The van der Waals surface area contributed by atoms with Crippen molar-refractivity contribution in [2.45, 2.75) is 25.4 Å². The summed E-state index contributed by atoms with van der Waals surface area (Å²) in [5.41, 5.74) is 0.520. The van der Waals surface area contributed by atoms with E-state index in [1.807, 2.05) is 37.3 Å². The molecule has 1 heterocycles. The third-order valence-electron chi connectivity index (χ3n) is 2.84. The van der Waals surface area contributed by atoms with Crippen LogP contribution in [0.5, 0.6) is 0 Å². The third kappa shape index (κ3) is 2.08. The lowest BCUT2D eigenvalue weighted by Crippen LogP contribution is -2.26. The summed E-state index contributed by atoms with van der Waals surface area (Å²) in [5.74, 6) is 0.397. The Morgan fingerprint density at radius 2 is 2.00 bits per heavy atom. The zero-order valence-corrected chi connectivity index (χ0v) is 9.23. The van der Waals surface area contributed by atoms with Crippen LogP contribution in [-0.2, 0) is 15.9 Å². The molecule has 1 atom stereocenters. The number of rotatable bonds is 3. The van der Waals surface area contributed by atoms with Gasteiger partial charge in [0.05, 0.1) is 0 Å². The van der Waals surface area contributed by atoms with Gasteiger partial charge in [0.25, 0.3) is 0 Å². The number of ether oxygens (including phenoxy) is 2. The molecule has 3 heteroatoms. The minimum absolute atomic E-state index is 0.397. The number of cyclic esters (lactones) is 2. The number of hydrogen-bond acceptors (Lipinski definition) is 3. The number of carbonyl (C=O) groups is 1. The van der Waals surface area contributed by atoms with Gasteiger partial charge < -0.3 is 9.47 Å². The highest BCUT2D eigenvalue weighted by Gasteiger charge is 2.41. The zero-order chi connectivity index (χ0) is 11.6. The Bertz CT molecular complexity index is 410. The van der Waals surface area contributed by atoms with Gasteiger partial charge in [-0.15, -0.1) is 0 Å². The Morgan fingerprint density at radius 1 is 1.31 bits per heavy atom. The predicted molar refractivity (Wildman–Crippen MR) is 59.9 cm³/mol. The van der Waals surface area contributed by atoms with Crippen LogP contribution in [0.25, 0.3) is 0 Å². The van der Waals surface area contributed by atoms with Gasteiger partial charge in [0.1, 0.15) is 5.76 Å². The summed E-state index contributed by atoms with van der Waals surface area (Å²) >= 11 is 0. The van der Waals surface area contributed by atoms with Gasteiger partial charge in [-0.3, -0.25) is 0 Å². The van der Waals surface area contributed by atoms with Gasteiger partial charge in [0.2, 0.25) is 0 Å². The molecule has 1 aromatic carbocycles. The van der Waals surface area contributed by atoms with Gasteiger partial charge in [0.15, 0.2) is 5.60 Å². The maximum absolute atomic E-state index is 11.0. The first-order valence-electron chi connectivity index (χ1n) is 5.24. The van der Waals surface area contributed by atoms with E-state index in [4.69, 9.17) is 9.47 Å². The van der Waals surface area contributed by atoms with E-state index in [1.165, 1.54) is 5.56 Å². The van der Waals surface area contributed by atoms with Crippen LogP contribution in [-0.4, -0.2) is 11.8 Å². The largest absolute Gasteiger partial charge is 0.514 e. The average Bonchev–Trinajstić information content (AvgIpc) is 2.52. The molecular formula is C13H14O3. The monoisotopic (exact) mass is 218 g/mol. The van der Waals surface area contributed by atoms with E-state index in [0.717, 1.165) is 6.42 Å². The molecule has 0 amide bonds. The van der Waals surface area contributed by atoms with Gasteiger partial charge >= 0.3 is 6.16 Å². The van der Waals surface area contributed by atoms with E-state index in [1.54, 1.807) is 0 Å². The molecule has 1 aliphatic heterocycles. The second-order valence-electron chi connectivity index (χ2n) is 4.09. The minimum atomic E-state index is -0.688. The molecule has 0 radical (unpaired) electrons. The first-order valence-corrected chi connectivity index (χ1v) is 5.24. The van der Waals surface area contributed by atoms with E-state index >= 15 is 0 Å². The summed E-state index contributed by atoms with van der Waals surface area (Å²) in [4.78, 5) is 11.0. The highest BCUT2D eigenvalue weighted by Crippen LogP contribution is 2.33. The molecule has 0 spiro atoms. The second-order valence-corrected chi connectivity index (χ2v) is 4.09. The number of aryl methyl sites for hydroxylation is 1. The maximum Gasteiger partial charge on any atom is 0.514 e. The lowest BCUT2D eigenvalue weighted by atomic mass is 9.95. The van der Waals surface area contributed by atoms with Gasteiger partial charge in [-0.1, -0.05) is 36.9 Å². The van der Waals surface area contributed by atoms with Crippen molar-refractivity contribution in [1.82, 2.24) is 0 Å². The molecule has 2 rings (SSSR count). The van der Waals surface area contributed by atoms with Crippen LogP contribution in [0.3, 0.4) is 0 Å². The summed E-state index contributed by atoms with van der Waals surface area (Å²) in [6.45, 7) is 5.52. The van der Waals surface area contributed by atoms with E-state index in [-0.39, 0.29) is 0 Å². The fourth-order valence-electron chi connectivity index (χ4n) is 1.69. The quantitative estimate of drug-likeness (QED) is 0.731. The van der Waals surface area contributed by atoms with E-state index in [0.29, 0.717) is 12.2 Å². The maximum atomic E-state index is 11.0. The molecular weight excluding hydrogens is 204 g/mol. The summed E-state index contributed by atoms with van der Waals surface area (Å²) in [7, 11) is 0. The topological polar surface area (TPSA) is 35.5 Å². The van der Waals surface area contributed by atoms with Gasteiger partial charge in [-0.2, -0.15) is 0 Å². The molecule has 1 aliphatic rings. The number of hydrogen-bond donors (Lipinski definition) is 0. The smallest absolute Gasteiger partial charge is 0.419 e. The molecule has 0 saturated carbocycles. The van der Waals surface area contributed by atoms with Crippen molar-refractivity contribution in [1.29, 1.82) is 0 Å². The highest BCUT2D eigenvalue weighted by molar-refractivity contribution is 5.66. The standard InChI is InChI=1S/C13H14O3/c1-10-13(2,16-12(14)15-10)9-8-11-6-4-3-5-7-11/h3-7H,1,8-9H2,2H3/t13-/m1/s1. The summed E-state index contributed by atoms with van der Waals surface area (Å²) in [6.07, 6.45) is 0.856. The van der Waals surface area contributed by atoms with Crippen molar-refractivity contribution in [3.8, 4) is 0 Å². The summed E-state index contributed by atoms with van der Waals surface area (Å²) in [6, 6.07) is 10.0. The third-order valence-corrected chi connectivity index (χ3v) is 2.84. The normalized spacial score (nSPS) is 24.1. The lowest BCUT2D eigenvalue weighted by Gasteiger charge is -2.20. The van der Waals surface area contributed by atoms with Crippen molar-refractivity contribution >= 4 is 6.16 Å². The van der Waals surface area contributed by atoms with Crippen molar-refractivity contribution in [2.75, 3.05) is 0 Å². The van der Waals surface area contributed by atoms with Crippen LogP contribution < -0.4 is 0 Å². The lowest BCUT2D eigenvalue weighted by molar-refractivity contribution is 0.0717. The average molecular weight is 218 g/mol. The summed E-state index contributed by atoms with van der Waals surface area (Å²) in [5, 5.41) is 0. The molecule has 0 N–H and O–H groups in total. The number of carbonyl (C=O) groups excluding carboxylic acids is 1. The summed E-state index contributed by atoms with van der Waals surface area (Å²) < 4.78 is 9.93. The molecule has 1 aromatic rings. The molecule has 84 valence electrons. The first kappa shape index (κ1) is 10.7. The van der Waals surface area contributed by atoms with Gasteiger partial charge in [-0.25, -0.2) is 4.79 Å². The first-order chi connectivity index (χ1) is 7.60. The molecule has 0 unspecified atom stereocenters. The molecule has 3 nitrogen and oxygen atoms in total. The molecule has 0 aromatic heterocycles. The molecule has 16 heavy (non-hydrogen) atoms. The van der Waals surface area contributed by atoms with Crippen LogP contribution in [0.1, 0.15) is 18.9 Å². The van der Waals surface area contributed by atoms with Crippen molar-refractivity contribution in [3.05, 3.63) is 48.2 Å². The zero-order valence-electron chi connectivity index (χ0n) is 9.23. The van der Waals surface area contributed by atoms with Crippen molar-refractivity contribution in [3.63, 3.8) is 0 Å². The Labute approximate surface area is 94.7 Å². The molecule has 0 bridgehead atoms. The van der Waals surface area contributed by atoms with E-state index < -0.39 is 11.8 Å². The van der Waals surface area contributed by atoms with Crippen LogP contribution in [0.2, 0.25) is 0 Å². The molecule has 0 aliphatic carbocycles. The van der Waals surface area contributed by atoms with Crippen molar-refractivity contribution in [2.24, 2.45) is 0 Å². The Kier molecular flexibility index (Phi) is 2.69. The number of benzene rings is 1. The predicted octanol–water partition coefficient (Wildman–Crippen LogP) is 3.06. The van der Waals surface area contributed by atoms with Crippen LogP contribution in [0.15, 0.2) is 42.7 Å². The Morgan fingerprint density at radius 3 is 2.56 bits per heavy atom. The fraction of sp³-hybridized carbons (Fsp3) is 0.308. The minimum Gasteiger partial charge on any atom is -0.419 e. The van der Waals surface area contributed by atoms with E-state index in [2.05, 4.69) is 6.58 Å². The van der Waals surface area contributed by atoms with Gasteiger partial charge in [0, 0.05) is 0 Å². The van der Waals surface area contributed by atoms with Gasteiger partial charge in [-0.05, 0) is 25.3 Å². The fourth-order valence-corrected chi connectivity index (χ4v) is 1.69. The van der Waals surface area contributed by atoms with Crippen LogP contribution >= 0.6 is 0 Å². The second kappa shape index (κ2) is 4.00.